The summed E-state index contributed by atoms with van der Waals surface area (Å²) in [7, 11) is 0. The van der Waals surface area contributed by atoms with E-state index in [9.17, 15) is 10.2 Å². The van der Waals surface area contributed by atoms with E-state index in [2.05, 4.69) is 0 Å². The smallest absolute Gasteiger partial charge is 0.0762 e. The van der Waals surface area contributed by atoms with Gasteiger partial charge in [-0.1, -0.05) is 46.4 Å². The number of rotatable bonds is 2. The van der Waals surface area contributed by atoms with Gasteiger partial charge in [-0.15, -0.1) is 0 Å². The van der Waals surface area contributed by atoms with Crippen molar-refractivity contribution in [3.8, 4) is 0 Å². The molecule has 0 radical (unpaired) electrons. The fourth-order valence-electron chi connectivity index (χ4n) is 1.69. The van der Waals surface area contributed by atoms with Crippen molar-refractivity contribution in [1.29, 1.82) is 0 Å². The van der Waals surface area contributed by atoms with Gasteiger partial charge in [0.1, 0.15) is 0 Å². The lowest BCUT2D eigenvalue weighted by Crippen LogP contribution is -1.94. The first-order chi connectivity index (χ1) is 11.0. The van der Waals surface area contributed by atoms with E-state index in [1.165, 1.54) is 0 Å². The molecule has 0 unspecified atom stereocenters. The minimum absolute atomic E-state index is 0.350. The molecule has 2 aromatic rings. The largest absolute Gasteiger partial charge is 0.396 e. The number of nitrogens with two attached hydrogens (primary N) is 2. The van der Waals surface area contributed by atoms with Crippen molar-refractivity contribution >= 4 is 57.8 Å². The van der Waals surface area contributed by atoms with Gasteiger partial charge in [-0.25, -0.2) is 0 Å². The number of anilines is 2. The number of aliphatic hydroxyl groups is 2. The van der Waals surface area contributed by atoms with E-state index in [0.29, 0.717) is 42.6 Å². The van der Waals surface area contributed by atoms with Crippen LogP contribution in [-0.2, 0) is 0 Å². The number of hydrogen-bond donors (Lipinski definition) is 4. The van der Waals surface area contributed by atoms with Gasteiger partial charge in [-0.3, -0.25) is 0 Å². The van der Waals surface area contributed by atoms with Crippen molar-refractivity contribution in [3.05, 3.63) is 55.5 Å². The molecule has 0 spiro atoms. The maximum Gasteiger partial charge on any atom is 0.0762 e. The predicted octanol–water partition coefficient (Wildman–Crippen LogP) is 5.26. The Kier molecular flexibility index (Phi) is 7.93. The molecule has 0 aliphatic carbocycles. The van der Waals surface area contributed by atoms with Gasteiger partial charge in [0.15, 0.2) is 0 Å². The number of benzene rings is 2. The summed E-state index contributed by atoms with van der Waals surface area (Å²) in [6.45, 7) is 3.27. The van der Waals surface area contributed by atoms with Gasteiger partial charge in [0, 0.05) is 0 Å². The van der Waals surface area contributed by atoms with Crippen molar-refractivity contribution in [2.45, 2.75) is 26.1 Å². The Morgan fingerprint density at radius 1 is 0.667 bits per heavy atom. The van der Waals surface area contributed by atoms with Gasteiger partial charge in [0.2, 0.25) is 0 Å². The Hall–Kier alpha value is -0.880. The summed E-state index contributed by atoms with van der Waals surface area (Å²) >= 11 is 23.0. The molecule has 0 saturated heterocycles. The Labute approximate surface area is 160 Å². The van der Waals surface area contributed by atoms with Gasteiger partial charge in [-0.05, 0) is 49.2 Å². The number of hydrogen-bond acceptors (Lipinski definition) is 4. The van der Waals surface area contributed by atoms with Crippen LogP contribution in [0.5, 0.6) is 0 Å². The molecule has 24 heavy (non-hydrogen) atoms. The highest BCUT2D eigenvalue weighted by atomic mass is 35.5. The number of halogens is 4. The van der Waals surface area contributed by atoms with E-state index in [1.54, 1.807) is 38.1 Å². The Morgan fingerprint density at radius 2 is 0.875 bits per heavy atom. The molecule has 0 aromatic heterocycles. The van der Waals surface area contributed by atoms with Crippen LogP contribution in [0.25, 0.3) is 0 Å². The van der Waals surface area contributed by atoms with E-state index in [4.69, 9.17) is 57.9 Å². The second kappa shape index (κ2) is 8.99. The van der Waals surface area contributed by atoms with Crippen LogP contribution in [0.3, 0.4) is 0 Å². The van der Waals surface area contributed by atoms with Crippen molar-refractivity contribution < 1.29 is 10.2 Å². The molecule has 132 valence electrons. The Morgan fingerprint density at radius 3 is 1.04 bits per heavy atom. The van der Waals surface area contributed by atoms with Crippen molar-refractivity contribution in [2.75, 3.05) is 11.5 Å². The lowest BCUT2D eigenvalue weighted by molar-refractivity contribution is 0.199. The van der Waals surface area contributed by atoms with Crippen LogP contribution in [0.2, 0.25) is 20.1 Å². The zero-order valence-corrected chi connectivity index (χ0v) is 16.0. The highest BCUT2D eigenvalue weighted by Gasteiger charge is 2.08. The summed E-state index contributed by atoms with van der Waals surface area (Å²) in [5.74, 6) is 0. The molecule has 0 aliphatic heterocycles. The third-order valence-corrected chi connectivity index (χ3v) is 4.42. The normalized spacial score (nSPS) is 13.0. The van der Waals surface area contributed by atoms with Crippen LogP contribution in [0, 0.1) is 0 Å². The zero-order chi connectivity index (χ0) is 18.6. The summed E-state index contributed by atoms with van der Waals surface area (Å²) in [5.41, 5.74) is 13.0. The molecule has 6 N–H and O–H groups in total. The topological polar surface area (TPSA) is 92.5 Å². The van der Waals surface area contributed by atoms with Crippen LogP contribution >= 0.6 is 46.4 Å². The average Bonchev–Trinajstić information content (AvgIpc) is 2.49. The molecule has 0 fully saturated rings. The van der Waals surface area contributed by atoms with Crippen molar-refractivity contribution in [3.63, 3.8) is 0 Å². The minimum Gasteiger partial charge on any atom is -0.396 e. The van der Waals surface area contributed by atoms with Gasteiger partial charge in [0.05, 0.1) is 43.7 Å². The molecule has 0 aliphatic rings. The summed E-state index contributed by atoms with van der Waals surface area (Å²) in [6.07, 6.45) is -1.17. The predicted molar refractivity (Wildman–Crippen MR) is 103 cm³/mol. The molecular weight excluding hydrogens is 394 g/mol. The lowest BCUT2D eigenvalue weighted by Gasteiger charge is -2.07. The monoisotopic (exact) mass is 410 g/mol. The number of nitrogen functional groups attached to an aromatic ring is 2. The SMILES string of the molecule is C[C@@H](O)c1cc(Cl)c(N)c(Cl)c1.C[C@@H](O)c1cc(Cl)c(N)c(Cl)c1. The second-order valence-corrected chi connectivity index (χ2v) is 6.78. The second-order valence-electron chi connectivity index (χ2n) is 5.15. The van der Waals surface area contributed by atoms with Crippen molar-refractivity contribution in [2.24, 2.45) is 0 Å². The maximum atomic E-state index is 9.21. The summed E-state index contributed by atoms with van der Waals surface area (Å²) in [6, 6.07) is 6.42. The molecule has 2 aromatic carbocycles. The molecule has 0 amide bonds. The third kappa shape index (κ3) is 5.59. The fraction of sp³-hybridized carbons (Fsp3) is 0.250. The molecule has 4 nitrogen and oxygen atoms in total. The Balaban J connectivity index is 0.000000240. The highest BCUT2D eigenvalue weighted by Crippen LogP contribution is 2.31. The van der Waals surface area contributed by atoms with E-state index in [-0.39, 0.29) is 0 Å². The quantitative estimate of drug-likeness (QED) is 0.507. The van der Waals surface area contributed by atoms with Gasteiger partial charge < -0.3 is 21.7 Å². The van der Waals surface area contributed by atoms with Gasteiger partial charge >= 0.3 is 0 Å². The standard InChI is InChI=1S/2C8H9Cl2NO/c2*1-4(12)5-2-6(9)8(11)7(10)3-5/h2*2-4,12H,11H2,1H3/t2*4-/m11/s1. The third-order valence-electron chi connectivity index (χ3n) is 3.17. The average molecular weight is 412 g/mol. The first-order valence-corrected chi connectivity index (χ1v) is 8.40. The van der Waals surface area contributed by atoms with Crippen LogP contribution < -0.4 is 11.5 Å². The van der Waals surface area contributed by atoms with Gasteiger partial charge in [-0.2, -0.15) is 0 Å². The molecule has 2 atom stereocenters. The van der Waals surface area contributed by atoms with Crippen LogP contribution in [0.1, 0.15) is 37.2 Å². The molecule has 2 rings (SSSR count). The molecular formula is C16H18Cl4N2O2. The molecule has 0 bridgehead atoms. The minimum atomic E-state index is -0.583. The summed E-state index contributed by atoms with van der Waals surface area (Å²) in [4.78, 5) is 0. The van der Waals surface area contributed by atoms with E-state index in [0.717, 1.165) is 0 Å². The molecule has 0 saturated carbocycles. The van der Waals surface area contributed by atoms with E-state index in [1.807, 2.05) is 0 Å². The summed E-state index contributed by atoms with van der Waals surface area (Å²) in [5, 5.41) is 19.9. The number of aliphatic hydroxyl groups excluding tert-OH is 2. The van der Waals surface area contributed by atoms with Gasteiger partial charge in [0.25, 0.3) is 0 Å². The Bertz CT molecular complexity index is 614. The zero-order valence-electron chi connectivity index (χ0n) is 13.0. The first kappa shape index (κ1) is 21.2. The maximum absolute atomic E-state index is 9.21. The van der Waals surface area contributed by atoms with E-state index < -0.39 is 12.2 Å². The highest BCUT2D eigenvalue weighted by molar-refractivity contribution is 6.39. The van der Waals surface area contributed by atoms with Crippen LogP contribution in [-0.4, -0.2) is 10.2 Å². The summed E-state index contributed by atoms with van der Waals surface area (Å²) < 4.78 is 0. The fourth-order valence-corrected chi connectivity index (χ4v) is 2.70. The lowest BCUT2D eigenvalue weighted by atomic mass is 10.1. The molecule has 0 heterocycles. The van der Waals surface area contributed by atoms with Crippen LogP contribution in [0.15, 0.2) is 24.3 Å². The molecule has 8 heteroatoms. The van der Waals surface area contributed by atoms with Crippen molar-refractivity contribution in [1.82, 2.24) is 0 Å². The first-order valence-electron chi connectivity index (χ1n) is 6.89. The van der Waals surface area contributed by atoms with Crippen LogP contribution in [0.4, 0.5) is 11.4 Å². The van der Waals surface area contributed by atoms with E-state index >= 15 is 0 Å².